The highest BCUT2D eigenvalue weighted by Crippen LogP contribution is 2.10. The summed E-state index contributed by atoms with van der Waals surface area (Å²) in [6.45, 7) is 2.08. The minimum Gasteiger partial charge on any atom is -0.0616 e. The molecular weight excluding hydrogens is 307 g/mol. The second kappa shape index (κ2) is 5.18. The molecule has 0 aliphatic rings. The zero-order chi connectivity index (χ0) is 11.4. The van der Waals surface area contributed by atoms with Crippen molar-refractivity contribution in [3.05, 3.63) is 68.8 Å². The van der Waals surface area contributed by atoms with Gasteiger partial charge in [0.05, 0.1) is 0 Å². The van der Waals surface area contributed by atoms with E-state index in [9.17, 15) is 0 Å². The molecule has 1 heteroatoms. The Hall–Kier alpha value is -1.27. The standard InChI is InChI=1S/C15H11I/c1-12-6-8-13(9-7-12)10-11-14-4-2-3-5-15(14)16/h2-9H,1H3. The molecule has 0 aliphatic heterocycles. The molecule has 0 radical (unpaired) electrons. The topological polar surface area (TPSA) is 0 Å². The lowest BCUT2D eigenvalue weighted by Crippen LogP contribution is -1.80. The lowest BCUT2D eigenvalue weighted by Gasteiger charge is -1.94. The van der Waals surface area contributed by atoms with Crippen LogP contribution >= 0.6 is 22.6 Å². The van der Waals surface area contributed by atoms with Crippen molar-refractivity contribution >= 4 is 22.6 Å². The quantitative estimate of drug-likeness (QED) is 0.509. The van der Waals surface area contributed by atoms with E-state index in [1.54, 1.807) is 0 Å². The first kappa shape index (κ1) is 11.2. The lowest BCUT2D eigenvalue weighted by molar-refractivity contribution is 1.46. The minimum atomic E-state index is 1.06. The monoisotopic (exact) mass is 318 g/mol. The van der Waals surface area contributed by atoms with Crippen molar-refractivity contribution in [2.45, 2.75) is 6.92 Å². The third-order valence-electron chi connectivity index (χ3n) is 2.27. The van der Waals surface area contributed by atoms with E-state index >= 15 is 0 Å². The first-order valence-electron chi connectivity index (χ1n) is 5.09. The van der Waals surface area contributed by atoms with E-state index in [1.807, 2.05) is 18.2 Å². The summed E-state index contributed by atoms with van der Waals surface area (Å²) in [4.78, 5) is 0. The predicted octanol–water partition coefficient (Wildman–Crippen LogP) is 4.00. The summed E-state index contributed by atoms with van der Waals surface area (Å²) in [7, 11) is 0. The van der Waals surface area contributed by atoms with Crippen molar-refractivity contribution in [3.8, 4) is 11.8 Å². The molecule has 78 valence electrons. The number of halogens is 1. The summed E-state index contributed by atoms with van der Waals surface area (Å²) in [6.07, 6.45) is 0. The molecule has 0 nitrogen and oxygen atoms in total. The van der Waals surface area contributed by atoms with Gasteiger partial charge >= 0.3 is 0 Å². The van der Waals surface area contributed by atoms with Crippen LogP contribution in [0.3, 0.4) is 0 Å². The van der Waals surface area contributed by atoms with E-state index in [0.29, 0.717) is 0 Å². The fourth-order valence-corrected chi connectivity index (χ4v) is 1.86. The molecule has 2 rings (SSSR count). The number of hydrogen-bond acceptors (Lipinski definition) is 0. The summed E-state index contributed by atoms with van der Waals surface area (Å²) < 4.78 is 1.19. The normalized spacial score (nSPS) is 9.38. The molecule has 0 saturated carbocycles. The van der Waals surface area contributed by atoms with Crippen molar-refractivity contribution in [2.75, 3.05) is 0 Å². The zero-order valence-corrected chi connectivity index (χ0v) is 11.2. The Balaban J connectivity index is 2.29. The van der Waals surface area contributed by atoms with Crippen molar-refractivity contribution in [1.29, 1.82) is 0 Å². The van der Waals surface area contributed by atoms with Gasteiger partial charge in [0, 0.05) is 14.7 Å². The van der Waals surface area contributed by atoms with Gasteiger partial charge in [0.15, 0.2) is 0 Å². The SMILES string of the molecule is Cc1ccc(C#Cc2ccccc2I)cc1. The van der Waals surface area contributed by atoms with Gasteiger partial charge in [-0.05, 0) is 53.8 Å². The van der Waals surface area contributed by atoms with Gasteiger partial charge in [0.2, 0.25) is 0 Å². The fraction of sp³-hybridized carbons (Fsp3) is 0.0667. The molecule has 2 aromatic rings. The van der Waals surface area contributed by atoms with E-state index < -0.39 is 0 Å². The number of rotatable bonds is 0. The zero-order valence-electron chi connectivity index (χ0n) is 9.00. The van der Waals surface area contributed by atoms with Crippen LogP contribution in [0.1, 0.15) is 16.7 Å². The molecule has 0 unspecified atom stereocenters. The van der Waals surface area contributed by atoms with E-state index in [-0.39, 0.29) is 0 Å². The van der Waals surface area contributed by atoms with Crippen LogP contribution in [-0.2, 0) is 0 Å². The van der Waals surface area contributed by atoms with Gasteiger partial charge in [0.1, 0.15) is 0 Å². The van der Waals surface area contributed by atoms with E-state index in [0.717, 1.165) is 11.1 Å². The minimum absolute atomic E-state index is 1.06. The Morgan fingerprint density at radius 1 is 0.875 bits per heavy atom. The van der Waals surface area contributed by atoms with Crippen molar-refractivity contribution in [3.63, 3.8) is 0 Å². The molecule has 0 saturated heterocycles. The van der Waals surface area contributed by atoms with Gasteiger partial charge in [-0.15, -0.1) is 0 Å². The molecule has 0 spiro atoms. The molecule has 0 atom stereocenters. The molecule has 0 bridgehead atoms. The Morgan fingerprint density at radius 3 is 2.25 bits per heavy atom. The molecule has 0 heterocycles. The van der Waals surface area contributed by atoms with E-state index in [2.05, 4.69) is 71.7 Å². The second-order valence-electron chi connectivity index (χ2n) is 3.60. The van der Waals surface area contributed by atoms with Gasteiger partial charge in [0.25, 0.3) is 0 Å². The highest BCUT2D eigenvalue weighted by Gasteiger charge is 1.92. The maximum absolute atomic E-state index is 3.19. The van der Waals surface area contributed by atoms with Crippen LogP contribution in [0, 0.1) is 22.3 Å². The summed E-state index contributed by atoms with van der Waals surface area (Å²) >= 11 is 2.31. The molecule has 0 aromatic heterocycles. The first-order valence-corrected chi connectivity index (χ1v) is 6.17. The maximum Gasteiger partial charge on any atom is 0.0382 e. The Bertz CT molecular complexity index is 542. The molecule has 0 N–H and O–H groups in total. The van der Waals surface area contributed by atoms with Crippen molar-refractivity contribution in [1.82, 2.24) is 0 Å². The fourth-order valence-electron chi connectivity index (χ4n) is 1.34. The molecule has 0 amide bonds. The summed E-state index contributed by atoms with van der Waals surface area (Å²) in [5.41, 5.74) is 3.41. The van der Waals surface area contributed by atoms with Gasteiger partial charge in [-0.25, -0.2) is 0 Å². The van der Waals surface area contributed by atoms with E-state index in [4.69, 9.17) is 0 Å². The molecule has 16 heavy (non-hydrogen) atoms. The van der Waals surface area contributed by atoms with Gasteiger partial charge < -0.3 is 0 Å². The van der Waals surface area contributed by atoms with Crippen LogP contribution in [0.5, 0.6) is 0 Å². The Kier molecular flexibility index (Phi) is 3.63. The van der Waals surface area contributed by atoms with Gasteiger partial charge in [-0.3, -0.25) is 0 Å². The van der Waals surface area contributed by atoms with Crippen LogP contribution in [-0.4, -0.2) is 0 Å². The van der Waals surface area contributed by atoms with Crippen LogP contribution in [0.2, 0.25) is 0 Å². The third-order valence-corrected chi connectivity index (χ3v) is 3.21. The second-order valence-corrected chi connectivity index (χ2v) is 4.76. The first-order chi connectivity index (χ1) is 7.75. The van der Waals surface area contributed by atoms with Crippen LogP contribution in [0.15, 0.2) is 48.5 Å². The Labute approximate surface area is 110 Å². The van der Waals surface area contributed by atoms with Crippen LogP contribution in [0.4, 0.5) is 0 Å². The van der Waals surface area contributed by atoms with Gasteiger partial charge in [-0.2, -0.15) is 0 Å². The van der Waals surface area contributed by atoms with Crippen molar-refractivity contribution in [2.24, 2.45) is 0 Å². The lowest BCUT2D eigenvalue weighted by atomic mass is 10.1. The smallest absolute Gasteiger partial charge is 0.0382 e. The Morgan fingerprint density at radius 2 is 1.56 bits per heavy atom. The van der Waals surface area contributed by atoms with Crippen LogP contribution < -0.4 is 0 Å². The summed E-state index contributed by atoms with van der Waals surface area (Å²) in [5.74, 6) is 6.37. The molecule has 0 aliphatic carbocycles. The summed E-state index contributed by atoms with van der Waals surface area (Å²) in [5, 5.41) is 0. The third kappa shape index (κ3) is 2.86. The van der Waals surface area contributed by atoms with E-state index in [1.165, 1.54) is 9.13 Å². The number of hydrogen-bond donors (Lipinski definition) is 0. The average Bonchev–Trinajstić information content (AvgIpc) is 2.30. The number of benzene rings is 2. The number of aryl methyl sites for hydroxylation is 1. The molecule has 2 aromatic carbocycles. The highest BCUT2D eigenvalue weighted by molar-refractivity contribution is 14.1. The predicted molar refractivity (Wildman–Crippen MR) is 76.3 cm³/mol. The van der Waals surface area contributed by atoms with Crippen LogP contribution in [0.25, 0.3) is 0 Å². The molecular formula is C15H11I. The average molecular weight is 318 g/mol. The highest BCUT2D eigenvalue weighted by atomic mass is 127. The molecule has 0 fully saturated rings. The summed E-state index contributed by atoms with van der Waals surface area (Å²) in [6, 6.07) is 16.4. The largest absolute Gasteiger partial charge is 0.0616 e. The van der Waals surface area contributed by atoms with Crippen molar-refractivity contribution < 1.29 is 0 Å². The maximum atomic E-state index is 3.19. The van der Waals surface area contributed by atoms with Gasteiger partial charge in [-0.1, -0.05) is 41.7 Å².